The number of nitrogens with zero attached hydrogens (tertiary/aromatic N) is 3. The summed E-state index contributed by atoms with van der Waals surface area (Å²) in [6.07, 6.45) is 3.13. The molecule has 24 heavy (non-hydrogen) atoms. The van der Waals surface area contributed by atoms with E-state index in [-0.39, 0.29) is 22.5 Å². The van der Waals surface area contributed by atoms with Crippen molar-refractivity contribution in [3.05, 3.63) is 58.0 Å². The first kappa shape index (κ1) is 16.2. The molecule has 126 valence electrons. The molecule has 0 radical (unpaired) electrons. The molecule has 1 aliphatic rings. The second kappa shape index (κ2) is 6.82. The Kier molecular flexibility index (Phi) is 4.59. The summed E-state index contributed by atoms with van der Waals surface area (Å²) in [5.41, 5.74) is 1.17. The van der Waals surface area contributed by atoms with E-state index in [0.717, 1.165) is 12.8 Å². The average Bonchev–Trinajstić information content (AvgIpc) is 2.57. The number of para-hydroxylation sites is 1. The third-order valence-corrected chi connectivity index (χ3v) is 4.32. The molecule has 1 aliphatic heterocycles. The second-order valence-corrected chi connectivity index (χ2v) is 5.94. The topological polar surface area (TPSA) is 71.3 Å². The van der Waals surface area contributed by atoms with Crippen LogP contribution in [0.25, 0.3) is 0 Å². The lowest BCUT2D eigenvalue weighted by molar-refractivity contribution is -0.384. The SMILES string of the molecule is Cc1ccnc(N2CCC(Nc3ccccc3F)CC2)c1[N+](=O)[O-]. The van der Waals surface area contributed by atoms with Crippen molar-refractivity contribution < 1.29 is 9.31 Å². The summed E-state index contributed by atoms with van der Waals surface area (Å²) >= 11 is 0. The highest BCUT2D eigenvalue weighted by molar-refractivity contribution is 5.61. The number of pyridine rings is 1. The van der Waals surface area contributed by atoms with Crippen LogP contribution < -0.4 is 10.2 Å². The van der Waals surface area contributed by atoms with Crippen LogP contribution in [0, 0.1) is 22.9 Å². The molecule has 0 spiro atoms. The predicted molar refractivity (Wildman–Crippen MR) is 90.9 cm³/mol. The van der Waals surface area contributed by atoms with Gasteiger partial charge in [0.2, 0.25) is 5.82 Å². The first-order chi connectivity index (χ1) is 11.6. The summed E-state index contributed by atoms with van der Waals surface area (Å²) in [7, 11) is 0. The molecule has 0 saturated carbocycles. The highest BCUT2D eigenvalue weighted by atomic mass is 19.1. The lowest BCUT2D eigenvalue weighted by atomic mass is 10.0. The first-order valence-corrected chi connectivity index (χ1v) is 7.92. The van der Waals surface area contributed by atoms with Gasteiger partial charge in [0.15, 0.2) is 0 Å². The molecule has 0 bridgehead atoms. The van der Waals surface area contributed by atoms with Gasteiger partial charge in [-0.1, -0.05) is 12.1 Å². The van der Waals surface area contributed by atoms with Gasteiger partial charge in [-0.05, 0) is 38.0 Å². The number of hydrogen-bond donors (Lipinski definition) is 1. The van der Waals surface area contributed by atoms with Crippen LogP contribution in [0.5, 0.6) is 0 Å². The van der Waals surface area contributed by atoms with Crippen LogP contribution in [0.15, 0.2) is 36.5 Å². The van der Waals surface area contributed by atoms with Crippen molar-refractivity contribution in [3.8, 4) is 0 Å². The standard InChI is InChI=1S/C17H19FN4O2/c1-12-6-9-19-17(16(12)22(23)24)21-10-7-13(8-11-21)20-15-5-3-2-4-14(15)18/h2-6,9,13,20H,7-8,10-11H2,1H3. The Bertz CT molecular complexity index is 745. The average molecular weight is 330 g/mol. The maximum atomic E-state index is 13.7. The summed E-state index contributed by atoms with van der Waals surface area (Å²) in [6.45, 7) is 3.00. The van der Waals surface area contributed by atoms with Crippen LogP contribution in [0.4, 0.5) is 21.6 Å². The zero-order chi connectivity index (χ0) is 17.1. The number of piperidine rings is 1. The molecule has 7 heteroatoms. The number of aryl methyl sites for hydroxylation is 1. The number of nitrogens with one attached hydrogen (secondary N) is 1. The number of benzene rings is 1. The zero-order valence-electron chi connectivity index (χ0n) is 13.4. The molecule has 0 amide bonds. The summed E-state index contributed by atoms with van der Waals surface area (Å²) in [4.78, 5) is 17.1. The highest BCUT2D eigenvalue weighted by Gasteiger charge is 2.27. The van der Waals surface area contributed by atoms with Crippen LogP contribution >= 0.6 is 0 Å². The summed E-state index contributed by atoms with van der Waals surface area (Å²) < 4.78 is 13.7. The number of rotatable bonds is 4. The van der Waals surface area contributed by atoms with E-state index in [9.17, 15) is 14.5 Å². The smallest absolute Gasteiger partial charge is 0.314 e. The fourth-order valence-electron chi connectivity index (χ4n) is 3.03. The van der Waals surface area contributed by atoms with Crippen LogP contribution in [-0.4, -0.2) is 29.0 Å². The minimum Gasteiger partial charge on any atom is -0.380 e. The fraction of sp³-hybridized carbons (Fsp3) is 0.353. The van der Waals surface area contributed by atoms with Crippen LogP contribution in [-0.2, 0) is 0 Å². The Labute approximate surface area is 139 Å². The van der Waals surface area contributed by atoms with E-state index in [4.69, 9.17) is 0 Å². The van der Waals surface area contributed by atoms with E-state index in [2.05, 4.69) is 10.3 Å². The third-order valence-electron chi connectivity index (χ3n) is 4.32. The van der Waals surface area contributed by atoms with Gasteiger partial charge in [-0.15, -0.1) is 0 Å². The van der Waals surface area contributed by atoms with E-state index in [1.165, 1.54) is 6.07 Å². The summed E-state index contributed by atoms with van der Waals surface area (Å²) in [5.74, 6) is 0.153. The van der Waals surface area contributed by atoms with Gasteiger partial charge in [-0.3, -0.25) is 10.1 Å². The lowest BCUT2D eigenvalue weighted by Crippen LogP contribution is -2.40. The van der Waals surface area contributed by atoms with Crippen LogP contribution in [0.3, 0.4) is 0 Å². The molecule has 1 aromatic carbocycles. The number of aromatic nitrogens is 1. The van der Waals surface area contributed by atoms with Crippen molar-refractivity contribution in [1.82, 2.24) is 4.98 Å². The Morgan fingerprint density at radius 3 is 2.67 bits per heavy atom. The molecular formula is C17H19FN4O2. The second-order valence-electron chi connectivity index (χ2n) is 5.94. The van der Waals surface area contributed by atoms with Crippen molar-refractivity contribution in [1.29, 1.82) is 0 Å². The van der Waals surface area contributed by atoms with E-state index < -0.39 is 0 Å². The van der Waals surface area contributed by atoms with Crippen molar-refractivity contribution >= 4 is 17.2 Å². The molecule has 0 unspecified atom stereocenters. The third kappa shape index (κ3) is 3.29. The van der Waals surface area contributed by atoms with Gasteiger partial charge in [0.1, 0.15) is 5.82 Å². The number of anilines is 2. The van der Waals surface area contributed by atoms with E-state index in [1.807, 2.05) is 4.90 Å². The molecular weight excluding hydrogens is 311 g/mol. The van der Waals surface area contributed by atoms with Gasteiger partial charge in [-0.2, -0.15) is 0 Å². The van der Waals surface area contributed by atoms with Crippen molar-refractivity contribution in [2.24, 2.45) is 0 Å². The van der Waals surface area contributed by atoms with E-state index in [1.54, 1.807) is 37.4 Å². The normalized spacial score (nSPS) is 15.3. The van der Waals surface area contributed by atoms with Gasteiger partial charge >= 0.3 is 5.69 Å². The molecule has 1 saturated heterocycles. The number of hydrogen-bond acceptors (Lipinski definition) is 5. The van der Waals surface area contributed by atoms with Crippen LogP contribution in [0.1, 0.15) is 18.4 Å². The van der Waals surface area contributed by atoms with Gasteiger partial charge in [-0.25, -0.2) is 9.37 Å². The summed E-state index contributed by atoms with van der Waals surface area (Å²) in [6, 6.07) is 8.38. The quantitative estimate of drug-likeness (QED) is 0.686. The molecule has 2 aromatic rings. The van der Waals surface area contributed by atoms with Gasteiger partial charge in [0, 0.05) is 30.9 Å². The van der Waals surface area contributed by atoms with Crippen LogP contribution in [0.2, 0.25) is 0 Å². The zero-order valence-corrected chi connectivity index (χ0v) is 13.4. The van der Waals surface area contributed by atoms with Crippen molar-refractivity contribution in [2.75, 3.05) is 23.3 Å². The first-order valence-electron chi connectivity index (χ1n) is 7.92. The van der Waals surface area contributed by atoms with Crippen molar-refractivity contribution in [2.45, 2.75) is 25.8 Å². The van der Waals surface area contributed by atoms with Gasteiger partial charge in [0.25, 0.3) is 0 Å². The molecule has 1 fully saturated rings. The van der Waals surface area contributed by atoms with Gasteiger partial charge < -0.3 is 10.2 Å². The molecule has 2 heterocycles. The Morgan fingerprint density at radius 2 is 2.00 bits per heavy atom. The maximum Gasteiger partial charge on any atom is 0.314 e. The molecule has 1 N–H and O–H groups in total. The number of nitro groups is 1. The Balaban J connectivity index is 1.69. The largest absolute Gasteiger partial charge is 0.380 e. The molecule has 6 nitrogen and oxygen atoms in total. The summed E-state index contributed by atoms with van der Waals surface area (Å²) in [5, 5.41) is 14.5. The minimum absolute atomic E-state index is 0.0676. The van der Waals surface area contributed by atoms with Crippen molar-refractivity contribution in [3.63, 3.8) is 0 Å². The molecule has 1 aromatic heterocycles. The van der Waals surface area contributed by atoms with E-state index in [0.29, 0.717) is 30.2 Å². The molecule has 0 atom stereocenters. The lowest BCUT2D eigenvalue weighted by Gasteiger charge is -2.33. The minimum atomic E-state index is -0.374. The Morgan fingerprint density at radius 1 is 1.29 bits per heavy atom. The monoisotopic (exact) mass is 330 g/mol. The van der Waals surface area contributed by atoms with E-state index >= 15 is 0 Å². The Hall–Kier alpha value is -2.70. The predicted octanol–water partition coefficient (Wildman–Crippen LogP) is 3.52. The molecule has 3 rings (SSSR count). The molecule has 0 aliphatic carbocycles. The fourth-order valence-corrected chi connectivity index (χ4v) is 3.03. The highest BCUT2D eigenvalue weighted by Crippen LogP contribution is 2.31. The van der Waals surface area contributed by atoms with Gasteiger partial charge in [0.05, 0.1) is 10.6 Å². The number of halogens is 1. The maximum absolute atomic E-state index is 13.7.